The second-order valence-electron chi connectivity index (χ2n) is 8.34. The fraction of sp³-hybridized carbons (Fsp3) is 0.222. The second kappa shape index (κ2) is 9.83. The Morgan fingerprint density at radius 2 is 1.62 bits per heavy atom. The lowest BCUT2D eigenvalue weighted by molar-refractivity contribution is 0.410. The molecule has 0 bridgehead atoms. The summed E-state index contributed by atoms with van der Waals surface area (Å²) in [5.74, 6) is 1.30. The predicted molar refractivity (Wildman–Crippen MR) is 134 cm³/mol. The van der Waals surface area contributed by atoms with Gasteiger partial charge in [-0.2, -0.15) is 4.72 Å². The maximum atomic E-state index is 13.8. The van der Waals surface area contributed by atoms with Gasteiger partial charge in [0.25, 0.3) is 0 Å². The third-order valence-corrected chi connectivity index (χ3v) is 7.79. The Morgan fingerprint density at radius 3 is 2.26 bits per heavy atom. The van der Waals surface area contributed by atoms with Gasteiger partial charge in [-0.05, 0) is 54.7 Å². The molecule has 34 heavy (non-hydrogen) atoms. The Hall–Kier alpha value is -3.42. The number of hydrogen-bond acceptors (Lipinski definition) is 4. The quantitative estimate of drug-likeness (QED) is 0.392. The molecule has 3 aromatic carbocycles. The predicted octanol–water partition coefficient (Wildman–Crippen LogP) is 4.93. The number of methoxy groups -OCH3 is 1. The molecule has 1 aromatic heterocycles. The first-order valence-corrected chi connectivity index (χ1v) is 12.6. The molecule has 0 radical (unpaired) electrons. The van der Waals surface area contributed by atoms with Gasteiger partial charge in [0.1, 0.15) is 17.6 Å². The molecule has 1 N–H and O–H groups in total. The van der Waals surface area contributed by atoms with Crippen molar-refractivity contribution in [3.05, 3.63) is 113 Å². The lowest BCUT2D eigenvalue weighted by Crippen LogP contribution is -2.32. The zero-order valence-corrected chi connectivity index (χ0v) is 20.6. The Balaban J connectivity index is 1.78. The third-order valence-electron chi connectivity index (χ3n) is 6.07. The summed E-state index contributed by atoms with van der Waals surface area (Å²) in [7, 11) is -2.30. The number of ether oxygens (including phenoxy) is 1. The van der Waals surface area contributed by atoms with E-state index in [-0.39, 0.29) is 4.90 Å². The van der Waals surface area contributed by atoms with Crippen LogP contribution in [0.5, 0.6) is 5.75 Å². The van der Waals surface area contributed by atoms with Gasteiger partial charge in [-0.1, -0.05) is 60.7 Å². The molecule has 7 heteroatoms. The summed E-state index contributed by atoms with van der Waals surface area (Å²) in [6, 6.07) is 20.7. The summed E-state index contributed by atoms with van der Waals surface area (Å²) in [6.45, 7) is 6.06. The molecule has 0 aliphatic heterocycles. The minimum atomic E-state index is -3.89. The van der Waals surface area contributed by atoms with E-state index in [1.165, 1.54) is 0 Å². The monoisotopic (exact) mass is 475 g/mol. The Labute approximate surface area is 201 Å². The molecule has 0 amide bonds. The number of hydrogen-bond donors (Lipinski definition) is 1. The van der Waals surface area contributed by atoms with Crippen molar-refractivity contribution in [2.24, 2.45) is 0 Å². The van der Waals surface area contributed by atoms with Crippen LogP contribution in [0.2, 0.25) is 0 Å². The number of imidazole rings is 1. The van der Waals surface area contributed by atoms with Crippen molar-refractivity contribution in [2.75, 3.05) is 7.11 Å². The molecular weight excluding hydrogens is 446 g/mol. The molecular formula is C27H29N3O3S. The fourth-order valence-electron chi connectivity index (χ4n) is 4.27. The summed E-state index contributed by atoms with van der Waals surface area (Å²) in [4.78, 5) is 4.84. The van der Waals surface area contributed by atoms with Crippen molar-refractivity contribution in [1.82, 2.24) is 14.3 Å². The van der Waals surface area contributed by atoms with Crippen LogP contribution in [-0.4, -0.2) is 25.1 Å². The zero-order valence-electron chi connectivity index (χ0n) is 19.8. The fourth-order valence-corrected chi connectivity index (χ4v) is 5.98. The van der Waals surface area contributed by atoms with E-state index in [0.717, 1.165) is 16.7 Å². The summed E-state index contributed by atoms with van der Waals surface area (Å²) < 4.78 is 37.9. The van der Waals surface area contributed by atoms with Crippen LogP contribution in [0.25, 0.3) is 0 Å². The number of nitrogens with one attached hydrogen (secondary N) is 1. The average molecular weight is 476 g/mol. The third kappa shape index (κ3) is 4.76. The Morgan fingerprint density at radius 1 is 0.971 bits per heavy atom. The lowest BCUT2D eigenvalue weighted by atomic mass is 10.1. The Bertz CT molecular complexity index is 1380. The average Bonchev–Trinajstić information content (AvgIpc) is 3.28. The highest BCUT2D eigenvalue weighted by Crippen LogP contribution is 2.32. The number of aromatic nitrogens is 2. The van der Waals surface area contributed by atoms with Crippen LogP contribution >= 0.6 is 0 Å². The molecule has 0 saturated carbocycles. The van der Waals surface area contributed by atoms with Crippen LogP contribution in [0.15, 0.2) is 84.0 Å². The van der Waals surface area contributed by atoms with Crippen molar-refractivity contribution < 1.29 is 13.2 Å². The van der Waals surface area contributed by atoms with E-state index in [0.29, 0.717) is 29.2 Å². The normalized spacial score (nSPS) is 12.5. The number of rotatable bonds is 8. The maximum absolute atomic E-state index is 13.8. The molecule has 1 atom stereocenters. The van der Waals surface area contributed by atoms with E-state index in [1.807, 2.05) is 85.3 Å². The largest absolute Gasteiger partial charge is 0.496 e. The molecule has 0 fully saturated rings. The van der Waals surface area contributed by atoms with Gasteiger partial charge in [-0.3, -0.25) is 0 Å². The first-order chi connectivity index (χ1) is 16.3. The van der Waals surface area contributed by atoms with Crippen molar-refractivity contribution in [3.63, 3.8) is 0 Å². The molecule has 176 valence electrons. The van der Waals surface area contributed by atoms with Gasteiger partial charge in [0.2, 0.25) is 10.0 Å². The van der Waals surface area contributed by atoms with Crippen LogP contribution in [0.4, 0.5) is 0 Å². The summed E-state index contributed by atoms with van der Waals surface area (Å²) >= 11 is 0. The SMILES string of the molecule is COc1cc(C)c(S(=O)(=O)NC(c2ccccc2)c2nccn2Cc2ccccc2)c(C)c1C. The topological polar surface area (TPSA) is 73.2 Å². The first-order valence-electron chi connectivity index (χ1n) is 11.1. The minimum Gasteiger partial charge on any atom is -0.496 e. The number of benzene rings is 3. The summed E-state index contributed by atoms with van der Waals surface area (Å²) in [5, 5.41) is 0. The van der Waals surface area contributed by atoms with Gasteiger partial charge in [0, 0.05) is 18.9 Å². The summed E-state index contributed by atoms with van der Waals surface area (Å²) in [6.07, 6.45) is 3.58. The first kappa shape index (κ1) is 23.7. The number of sulfonamides is 1. The van der Waals surface area contributed by atoms with Gasteiger partial charge in [-0.25, -0.2) is 13.4 Å². The zero-order chi connectivity index (χ0) is 24.3. The van der Waals surface area contributed by atoms with Crippen LogP contribution in [0, 0.1) is 20.8 Å². The molecule has 0 aliphatic rings. The highest BCUT2D eigenvalue weighted by Gasteiger charge is 2.29. The van der Waals surface area contributed by atoms with Gasteiger partial charge in [0.05, 0.1) is 12.0 Å². The molecule has 0 spiro atoms. The standard InChI is InChI=1S/C27H29N3O3S/c1-19-17-24(33-4)20(2)21(3)26(19)34(31,32)29-25(23-13-9-6-10-14-23)27-28-15-16-30(27)18-22-11-7-5-8-12-22/h5-17,25,29H,18H2,1-4H3. The van der Waals surface area contributed by atoms with Gasteiger partial charge < -0.3 is 9.30 Å². The van der Waals surface area contributed by atoms with Crippen molar-refractivity contribution >= 4 is 10.0 Å². The van der Waals surface area contributed by atoms with E-state index >= 15 is 0 Å². The van der Waals surface area contributed by atoms with Gasteiger partial charge in [0.15, 0.2) is 0 Å². The smallest absolute Gasteiger partial charge is 0.242 e. The molecule has 0 saturated heterocycles. The molecule has 1 unspecified atom stereocenters. The van der Waals surface area contributed by atoms with Crippen LogP contribution in [-0.2, 0) is 16.6 Å². The van der Waals surface area contributed by atoms with E-state index in [2.05, 4.69) is 9.71 Å². The Kier molecular flexibility index (Phi) is 6.86. The van der Waals surface area contributed by atoms with E-state index in [9.17, 15) is 8.42 Å². The minimum absolute atomic E-state index is 0.271. The highest BCUT2D eigenvalue weighted by molar-refractivity contribution is 7.89. The number of nitrogens with zero attached hydrogens (tertiary/aromatic N) is 2. The molecule has 4 rings (SSSR count). The van der Waals surface area contributed by atoms with Crippen LogP contribution in [0.1, 0.15) is 39.7 Å². The van der Waals surface area contributed by atoms with Crippen molar-refractivity contribution in [2.45, 2.75) is 38.3 Å². The van der Waals surface area contributed by atoms with Crippen LogP contribution < -0.4 is 9.46 Å². The second-order valence-corrected chi connectivity index (χ2v) is 9.99. The summed E-state index contributed by atoms with van der Waals surface area (Å²) in [5.41, 5.74) is 4.02. The maximum Gasteiger partial charge on any atom is 0.242 e. The molecule has 6 nitrogen and oxygen atoms in total. The van der Waals surface area contributed by atoms with E-state index in [4.69, 9.17) is 4.74 Å². The lowest BCUT2D eigenvalue weighted by Gasteiger charge is -2.23. The van der Waals surface area contributed by atoms with Crippen molar-refractivity contribution in [1.29, 1.82) is 0 Å². The molecule has 0 aliphatic carbocycles. The highest BCUT2D eigenvalue weighted by atomic mass is 32.2. The van der Waals surface area contributed by atoms with Gasteiger partial charge >= 0.3 is 0 Å². The molecule has 4 aromatic rings. The van der Waals surface area contributed by atoms with Gasteiger partial charge in [-0.15, -0.1) is 0 Å². The number of aryl methyl sites for hydroxylation is 1. The van der Waals surface area contributed by atoms with E-state index in [1.54, 1.807) is 26.3 Å². The molecule has 1 heterocycles. The van der Waals surface area contributed by atoms with E-state index < -0.39 is 16.1 Å². The van der Waals surface area contributed by atoms with Crippen LogP contribution in [0.3, 0.4) is 0 Å². The van der Waals surface area contributed by atoms with Crippen molar-refractivity contribution in [3.8, 4) is 5.75 Å².